The van der Waals surface area contributed by atoms with Gasteiger partial charge in [0.15, 0.2) is 7.05 Å². The number of hydrogen-bond acceptors (Lipinski definition) is 0. The number of para-hydroxylation sites is 4. The summed E-state index contributed by atoms with van der Waals surface area (Å²) >= 11 is 0. The van der Waals surface area contributed by atoms with Crippen molar-refractivity contribution in [3.8, 4) is 0 Å². The van der Waals surface area contributed by atoms with Crippen LogP contribution in [0, 0.1) is 0 Å². The molecule has 0 atom stereocenters. The second-order valence-electron chi connectivity index (χ2n) is 7.14. The molecular formula is C23H21N3+2. The first-order chi connectivity index (χ1) is 12.7. The van der Waals surface area contributed by atoms with Gasteiger partial charge in [-0.15, -0.1) is 0 Å². The summed E-state index contributed by atoms with van der Waals surface area (Å²) in [5, 5.41) is 2.60. The highest BCUT2D eigenvalue weighted by molar-refractivity contribution is 6.12. The van der Waals surface area contributed by atoms with E-state index >= 15 is 0 Å². The Bertz CT molecular complexity index is 1250. The van der Waals surface area contributed by atoms with Crippen molar-refractivity contribution in [3.63, 3.8) is 0 Å². The van der Waals surface area contributed by atoms with Crippen molar-refractivity contribution in [1.82, 2.24) is 9.14 Å². The third-order valence-electron chi connectivity index (χ3n) is 5.20. The number of fused-ring (bicyclic) bond motifs is 4. The van der Waals surface area contributed by atoms with Crippen LogP contribution in [0.3, 0.4) is 0 Å². The highest BCUT2D eigenvalue weighted by atomic mass is 15.2. The monoisotopic (exact) mass is 339 g/mol. The quantitative estimate of drug-likeness (QED) is 0.417. The van der Waals surface area contributed by atoms with E-state index in [1.165, 1.54) is 38.9 Å². The maximum atomic E-state index is 3.49. The maximum Gasteiger partial charge on any atom is 0.496 e. The van der Waals surface area contributed by atoms with Gasteiger partial charge in [-0.3, -0.25) is 0 Å². The second kappa shape index (κ2) is 5.42. The third kappa shape index (κ3) is 1.95. The zero-order valence-corrected chi connectivity index (χ0v) is 15.3. The zero-order valence-electron chi connectivity index (χ0n) is 15.3. The fourth-order valence-corrected chi connectivity index (χ4v) is 4.13. The third-order valence-corrected chi connectivity index (χ3v) is 5.20. The SMILES string of the molecule is CC(C)n1c2ccccc2c2cccc([N+]3=C=[N+](C)c4ccccc43)c21. The Labute approximate surface area is 152 Å². The van der Waals surface area contributed by atoms with Gasteiger partial charge in [-0.05, 0) is 24.5 Å². The molecule has 0 bridgehead atoms. The van der Waals surface area contributed by atoms with Gasteiger partial charge in [0.25, 0.3) is 17.1 Å². The van der Waals surface area contributed by atoms with E-state index in [-0.39, 0.29) is 0 Å². The fourth-order valence-electron chi connectivity index (χ4n) is 4.13. The molecule has 0 spiro atoms. The highest BCUT2D eigenvalue weighted by Crippen LogP contribution is 2.40. The molecule has 1 aliphatic rings. The van der Waals surface area contributed by atoms with E-state index in [4.69, 9.17) is 0 Å². The molecular weight excluding hydrogens is 318 g/mol. The van der Waals surface area contributed by atoms with Crippen LogP contribution in [-0.4, -0.2) is 22.2 Å². The van der Waals surface area contributed by atoms with Crippen LogP contribution in [0.5, 0.6) is 0 Å². The van der Waals surface area contributed by atoms with Gasteiger partial charge in [0.1, 0.15) is 5.52 Å². The van der Waals surface area contributed by atoms with Crippen LogP contribution >= 0.6 is 0 Å². The average molecular weight is 339 g/mol. The zero-order chi connectivity index (χ0) is 17.8. The van der Waals surface area contributed by atoms with E-state index in [1.54, 1.807) is 0 Å². The molecule has 0 unspecified atom stereocenters. The molecule has 0 radical (unpaired) electrons. The van der Waals surface area contributed by atoms with Gasteiger partial charge < -0.3 is 4.57 Å². The lowest BCUT2D eigenvalue weighted by atomic mass is 10.1. The number of rotatable bonds is 2. The predicted octanol–water partition coefficient (Wildman–Crippen LogP) is 5.67. The molecule has 0 aliphatic carbocycles. The molecule has 3 heteroatoms. The summed E-state index contributed by atoms with van der Waals surface area (Å²) in [4.78, 5) is 0. The van der Waals surface area contributed by atoms with Gasteiger partial charge in [0.05, 0.1) is 0 Å². The van der Waals surface area contributed by atoms with Crippen LogP contribution in [-0.2, 0) is 0 Å². The Kier molecular flexibility index (Phi) is 3.15. The minimum atomic E-state index is 0.370. The summed E-state index contributed by atoms with van der Waals surface area (Å²) in [6, 6.07) is 27.6. The summed E-state index contributed by atoms with van der Waals surface area (Å²) < 4.78 is 6.70. The van der Waals surface area contributed by atoms with Crippen molar-refractivity contribution in [2.45, 2.75) is 19.9 Å². The smallest absolute Gasteiger partial charge is 0.332 e. The molecule has 0 fully saturated rings. The molecule has 0 N–H and O–H groups in total. The molecule has 26 heavy (non-hydrogen) atoms. The van der Waals surface area contributed by atoms with Crippen molar-refractivity contribution in [3.05, 3.63) is 66.7 Å². The molecule has 1 aromatic heterocycles. The molecule has 1 aliphatic heterocycles. The molecule has 0 saturated heterocycles. The minimum Gasteiger partial charge on any atom is -0.332 e. The first kappa shape index (κ1) is 15.1. The molecule has 3 aromatic carbocycles. The van der Waals surface area contributed by atoms with Crippen molar-refractivity contribution in [1.29, 1.82) is 0 Å². The lowest BCUT2D eigenvalue weighted by molar-refractivity contribution is -0.394. The molecule has 2 heterocycles. The summed E-state index contributed by atoms with van der Waals surface area (Å²) in [6.07, 6.45) is 0. The highest BCUT2D eigenvalue weighted by Gasteiger charge is 2.34. The Morgan fingerprint density at radius 2 is 1.42 bits per heavy atom. The molecule has 5 rings (SSSR count). The number of hydrogen-bond donors (Lipinski definition) is 0. The average Bonchev–Trinajstić information content (AvgIpc) is 3.17. The number of aromatic nitrogens is 1. The molecule has 4 aromatic rings. The van der Waals surface area contributed by atoms with E-state index < -0.39 is 0 Å². The molecule has 126 valence electrons. The Morgan fingerprint density at radius 3 is 2.23 bits per heavy atom. The van der Waals surface area contributed by atoms with Gasteiger partial charge in [0.2, 0.25) is 0 Å². The second-order valence-corrected chi connectivity index (χ2v) is 7.14. The molecule has 3 nitrogen and oxygen atoms in total. The first-order valence-corrected chi connectivity index (χ1v) is 9.07. The van der Waals surface area contributed by atoms with Crippen molar-refractivity contribution >= 4 is 44.9 Å². The Morgan fingerprint density at radius 1 is 0.769 bits per heavy atom. The number of benzene rings is 3. The van der Waals surface area contributed by atoms with Gasteiger partial charge in [-0.1, -0.05) is 47.0 Å². The normalized spacial score (nSPS) is 13.4. The van der Waals surface area contributed by atoms with Gasteiger partial charge in [0, 0.05) is 40.5 Å². The summed E-state index contributed by atoms with van der Waals surface area (Å²) in [5.74, 6) is 0. The van der Waals surface area contributed by atoms with Crippen molar-refractivity contribution < 1.29 is 4.58 Å². The first-order valence-electron chi connectivity index (χ1n) is 9.07. The van der Waals surface area contributed by atoms with Crippen LogP contribution < -0.4 is 4.58 Å². The van der Waals surface area contributed by atoms with E-state index in [2.05, 4.69) is 107 Å². The maximum absolute atomic E-state index is 3.49. The van der Waals surface area contributed by atoms with E-state index in [0.717, 1.165) is 0 Å². The lowest BCUT2D eigenvalue weighted by Crippen LogP contribution is -2.05. The largest absolute Gasteiger partial charge is 0.496 e. The van der Waals surface area contributed by atoms with Gasteiger partial charge >= 0.3 is 6.01 Å². The molecule has 0 saturated carbocycles. The van der Waals surface area contributed by atoms with Crippen LogP contribution in [0.15, 0.2) is 66.7 Å². The van der Waals surface area contributed by atoms with E-state index in [9.17, 15) is 0 Å². The van der Waals surface area contributed by atoms with Crippen LogP contribution in [0.25, 0.3) is 21.8 Å². The summed E-state index contributed by atoms with van der Waals surface area (Å²) in [5.41, 5.74) is 6.07. The van der Waals surface area contributed by atoms with Crippen molar-refractivity contribution in [2.75, 3.05) is 7.05 Å². The van der Waals surface area contributed by atoms with Crippen LogP contribution in [0.1, 0.15) is 19.9 Å². The van der Waals surface area contributed by atoms with Gasteiger partial charge in [-0.2, -0.15) is 0 Å². The van der Waals surface area contributed by atoms with E-state index in [0.29, 0.717) is 6.04 Å². The minimum absolute atomic E-state index is 0.370. The standard InChI is InChI=1S/C23H21N3/c1-16(2)26-19-11-5-4-9-17(19)18-10-8-14-22(23(18)26)25-15-24(3)20-12-6-7-13-21(20)25/h4-14,16H,1-3H3/q+2. The fraction of sp³-hybridized carbons (Fsp3) is 0.174. The van der Waals surface area contributed by atoms with Crippen LogP contribution in [0.2, 0.25) is 0 Å². The van der Waals surface area contributed by atoms with Crippen molar-refractivity contribution in [2.24, 2.45) is 0 Å². The Hall–Kier alpha value is -3.16. The van der Waals surface area contributed by atoms with E-state index in [1.807, 2.05) is 0 Å². The predicted molar refractivity (Wildman–Crippen MR) is 109 cm³/mol. The van der Waals surface area contributed by atoms with Gasteiger partial charge in [-0.25, -0.2) is 0 Å². The topological polar surface area (TPSA) is 10.9 Å². The summed E-state index contributed by atoms with van der Waals surface area (Å²) in [6.45, 7) is 4.50. The number of nitrogens with zero attached hydrogens (tertiary/aromatic N) is 3. The summed E-state index contributed by atoms with van der Waals surface area (Å²) in [7, 11) is 2.05. The van der Waals surface area contributed by atoms with Crippen LogP contribution in [0.4, 0.5) is 17.1 Å². The Balaban J connectivity index is 1.94. The molecule has 0 amide bonds. The lowest BCUT2D eigenvalue weighted by Gasteiger charge is -2.11.